The van der Waals surface area contributed by atoms with Crippen molar-refractivity contribution in [2.75, 3.05) is 5.32 Å². The molecule has 1 aromatic carbocycles. The summed E-state index contributed by atoms with van der Waals surface area (Å²) in [5, 5.41) is 12.5. The van der Waals surface area contributed by atoms with Crippen molar-refractivity contribution in [1.29, 1.82) is 5.26 Å². The largest absolute Gasteiger partial charge is 0.337 e. The number of nitriles is 1. The van der Waals surface area contributed by atoms with Gasteiger partial charge in [-0.25, -0.2) is 9.37 Å². The number of pyridine rings is 2. The van der Waals surface area contributed by atoms with E-state index in [-0.39, 0.29) is 16.5 Å². The Morgan fingerprint density at radius 2 is 2.10 bits per heavy atom. The first kappa shape index (κ1) is 13.3. The molecule has 2 aromatic heterocycles. The summed E-state index contributed by atoms with van der Waals surface area (Å²) < 4.78 is 14.0. The van der Waals surface area contributed by atoms with Crippen LogP contribution in [-0.4, -0.2) is 9.97 Å². The SMILES string of the molecule is N#Cc1cc(F)c(Nc2cccc3ncccc23)nc1Cl. The Labute approximate surface area is 124 Å². The zero-order valence-electron chi connectivity index (χ0n) is 10.6. The molecule has 0 saturated heterocycles. The summed E-state index contributed by atoms with van der Waals surface area (Å²) in [6.07, 6.45) is 1.68. The Bertz CT molecular complexity index is 868. The van der Waals surface area contributed by atoms with Crippen molar-refractivity contribution >= 4 is 34.0 Å². The lowest BCUT2D eigenvalue weighted by atomic mass is 10.2. The predicted octanol–water partition coefficient (Wildman–Crippen LogP) is 4.04. The van der Waals surface area contributed by atoms with Crippen LogP contribution in [0.1, 0.15) is 5.56 Å². The second kappa shape index (κ2) is 5.35. The van der Waals surface area contributed by atoms with Crippen LogP contribution in [0.15, 0.2) is 42.6 Å². The highest BCUT2D eigenvalue weighted by Gasteiger charge is 2.11. The molecule has 0 aliphatic rings. The lowest BCUT2D eigenvalue weighted by molar-refractivity contribution is 0.626. The van der Waals surface area contributed by atoms with Crippen molar-refractivity contribution < 1.29 is 4.39 Å². The molecule has 2 heterocycles. The number of nitrogens with one attached hydrogen (secondary N) is 1. The summed E-state index contributed by atoms with van der Waals surface area (Å²) in [7, 11) is 0. The van der Waals surface area contributed by atoms with Gasteiger partial charge in [0.25, 0.3) is 0 Å². The first-order valence-corrected chi connectivity index (χ1v) is 6.44. The highest BCUT2D eigenvalue weighted by molar-refractivity contribution is 6.30. The van der Waals surface area contributed by atoms with Crippen LogP contribution in [0.5, 0.6) is 0 Å². The fourth-order valence-corrected chi connectivity index (χ4v) is 2.15. The summed E-state index contributed by atoms with van der Waals surface area (Å²) in [5.41, 5.74) is 1.44. The molecule has 0 aliphatic carbocycles. The standard InChI is InChI=1S/C15H8ClFN4/c16-14-9(8-18)7-11(17)15(21-14)20-13-5-1-4-12-10(13)3-2-6-19-12/h1-7H,(H,20,21). The van der Waals surface area contributed by atoms with Gasteiger partial charge in [-0.1, -0.05) is 17.7 Å². The van der Waals surface area contributed by atoms with Crippen LogP contribution in [0, 0.1) is 17.1 Å². The Morgan fingerprint density at radius 3 is 2.90 bits per heavy atom. The third-order valence-electron chi connectivity index (χ3n) is 2.95. The Hall–Kier alpha value is -2.71. The molecule has 6 heteroatoms. The molecule has 0 saturated carbocycles. The van der Waals surface area contributed by atoms with Crippen LogP contribution in [0.4, 0.5) is 15.9 Å². The molecule has 0 spiro atoms. The average molecular weight is 299 g/mol. The summed E-state index contributed by atoms with van der Waals surface area (Å²) >= 11 is 5.83. The number of hydrogen-bond acceptors (Lipinski definition) is 4. The van der Waals surface area contributed by atoms with E-state index in [1.54, 1.807) is 30.5 Å². The highest BCUT2D eigenvalue weighted by Crippen LogP contribution is 2.27. The molecule has 21 heavy (non-hydrogen) atoms. The molecule has 3 aromatic rings. The summed E-state index contributed by atoms with van der Waals surface area (Å²) in [6.45, 7) is 0. The smallest absolute Gasteiger partial charge is 0.168 e. The van der Waals surface area contributed by atoms with E-state index in [1.165, 1.54) is 0 Å². The molecule has 0 unspecified atom stereocenters. The molecule has 0 radical (unpaired) electrons. The predicted molar refractivity (Wildman–Crippen MR) is 78.9 cm³/mol. The topological polar surface area (TPSA) is 61.6 Å². The molecule has 102 valence electrons. The normalized spacial score (nSPS) is 10.3. The minimum absolute atomic E-state index is 0.000645. The van der Waals surface area contributed by atoms with Crippen molar-refractivity contribution in [3.05, 3.63) is 59.1 Å². The number of halogens is 2. The number of benzene rings is 1. The summed E-state index contributed by atoms with van der Waals surface area (Å²) in [5.74, 6) is -0.674. The average Bonchev–Trinajstić information content (AvgIpc) is 2.51. The van der Waals surface area contributed by atoms with Gasteiger partial charge in [0, 0.05) is 17.3 Å². The van der Waals surface area contributed by atoms with Gasteiger partial charge in [-0.05, 0) is 30.3 Å². The van der Waals surface area contributed by atoms with E-state index in [1.807, 2.05) is 12.1 Å². The number of rotatable bonds is 2. The molecule has 3 rings (SSSR count). The zero-order valence-corrected chi connectivity index (χ0v) is 11.4. The second-order valence-electron chi connectivity index (χ2n) is 4.27. The Balaban J connectivity index is 2.07. The zero-order chi connectivity index (χ0) is 14.8. The first-order valence-electron chi connectivity index (χ1n) is 6.06. The van der Waals surface area contributed by atoms with Gasteiger partial charge in [0.15, 0.2) is 11.6 Å². The monoisotopic (exact) mass is 298 g/mol. The molecular formula is C15H8ClFN4. The lowest BCUT2D eigenvalue weighted by Gasteiger charge is -2.10. The highest BCUT2D eigenvalue weighted by atomic mass is 35.5. The number of hydrogen-bond donors (Lipinski definition) is 1. The molecule has 0 amide bonds. The third-order valence-corrected chi connectivity index (χ3v) is 3.24. The van der Waals surface area contributed by atoms with Crippen LogP contribution < -0.4 is 5.32 Å². The maximum atomic E-state index is 14.0. The van der Waals surface area contributed by atoms with Gasteiger partial charge < -0.3 is 5.32 Å². The van der Waals surface area contributed by atoms with E-state index in [4.69, 9.17) is 16.9 Å². The number of anilines is 2. The van der Waals surface area contributed by atoms with Crippen LogP contribution >= 0.6 is 11.6 Å². The van der Waals surface area contributed by atoms with E-state index < -0.39 is 5.82 Å². The summed E-state index contributed by atoms with van der Waals surface area (Å²) in [6, 6.07) is 12.0. The van der Waals surface area contributed by atoms with Crippen LogP contribution in [0.25, 0.3) is 10.9 Å². The number of nitrogens with zero attached hydrogens (tertiary/aromatic N) is 3. The van der Waals surface area contributed by atoms with Crippen molar-refractivity contribution in [3.63, 3.8) is 0 Å². The van der Waals surface area contributed by atoms with Crippen LogP contribution in [-0.2, 0) is 0 Å². The van der Waals surface area contributed by atoms with Gasteiger partial charge in [-0.2, -0.15) is 5.26 Å². The van der Waals surface area contributed by atoms with Crippen molar-refractivity contribution in [2.24, 2.45) is 0 Å². The molecule has 0 aliphatic heterocycles. The minimum Gasteiger partial charge on any atom is -0.337 e. The van der Waals surface area contributed by atoms with E-state index in [0.717, 1.165) is 17.0 Å². The molecule has 0 atom stereocenters. The Morgan fingerprint density at radius 1 is 1.24 bits per heavy atom. The number of fused-ring (bicyclic) bond motifs is 1. The van der Waals surface area contributed by atoms with Crippen molar-refractivity contribution in [3.8, 4) is 6.07 Å². The number of aromatic nitrogens is 2. The second-order valence-corrected chi connectivity index (χ2v) is 4.63. The fourth-order valence-electron chi connectivity index (χ4n) is 1.97. The lowest BCUT2D eigenvalue weighted by Crippen LogP contribution is -2.00. The van der Waals surface area contributed by atoms with Crippen molar-refractivity contribution in [1.82, 2.24) is 9.97 Å². The van der Waals surface area contributed by atoms with E-state index in [0.29, 0.717) is 5.69 Å². The molecular weight excluding hydrogens is 291 g/mol. The van der Waals surface area contributed by atoms with Gasteiger partial charge in [0.1, 0.15) is 11.2 Å². The first-order chi connectivity index (χ1) is 10.2. The fraction of sp³-hybridized carbons (Fsp3) is 0. The molecule has 0 fully saturated rings. The van der Waals surface area contributed by atoms with E-state index in [2.05, 4.69) is 15.3 Å². The van der Waals surface area contributed by atoms with Gasteiger partial charge in [-0.3, -0.25) is 4.98 Å². The van der Waals surface area contributed by atoms with Gasteiger partial charge in [-0.15, -0.1) is 0 Å². The molecule has 0 bridgehead atoms. The van der Waals surface area contributed by atoms with Crippen LogP contribution in [0.2, 0.25) is 5.15 Å². The molecule has 1 N–H and O–H groups in total. The maximum absolute atomic E-state index is 14.0. The minimum atomic E-state index is -0.642. The third kappa shape index (κ3) is 2.49. The van der Waals surface area contributed by atoms with Crippen molar-refractivity contribution in [2.45, 2.75) is 0 Å². The Kier molecular flexibility index (Phi) is 3.38. The quantitative estimate of drug-likeness (QED) is 0.725. The van der Waals surface area contributed by atoms with Crippen LogP contribution in [0.3, 0.4) is 0 Å². The van der Waals surface area contributed by atoms with Gasteiger partial charge in [0.05, 0.1) is 11.1 Å². The summed E-state index contributed by atoms with van der Waals surface area (Å²) in [4.78, 5) is 8.11. The maximum Gasteiger partial charge on any atom is 0.168 e. The van der Waals surface area contributed by atoms with Gasteiger partial charge in [0.2, 0.25) is 0 Å². The molecule has 4 nitrogen and oxygen atoms in total. The van der Waals surface area contributed by atoms with E-state index >= 15 is 0 Å². The van der Waals surface area contributed by atoms with Gasteiger partial charge >= 0.3 is 0 Å². The van der Waals surface area contributed by atoms with E-state index in [9.17, 15) is 4.39 Å².